The molecule has 3 amide bonds. The van der Waals surface area contributed by atoms with Crippen molar-refractivity contribution >= 4 is 34.9 Å². The highest BCUT2D eigenvalue weighted by atomic mass is 35.5. The highest BCUT2D eigenvalue weighted by Gasteiger charge is 2.18. The minimum absolute atomic E-state index is 0.195. The lowest BCUT2D eigenvalue weighted by molar-refractivity contribution is 0.102. The summed E-state index contributed by atoms with van der Waals surface area (Å²) in [4.78, 5) is 23.7. The van der Waals surface area contributed by atoms with E-state index in [1.807, 2.05) is 6.07 Å². The first-order chi connectivity index (χ1) is 14.5. The normalized spacial score (nSPS) is 10.6. The van der Waals surface area contributed by atoms with Crippen LogP contribution in [0.25, 0.3) is 17.1 Å². The number of carbonyl (C=O) groups excluding carboxylic acids is 2. The number of urea groups is 1. The van der Waals surface area contributed by atoms with Gasteiger partial charge in [-0.3, -0.25) is 4.79 Å². The van der Waals surface area contributed by atoms with Crippen LogP contribution in [0.4, 0.5) is 16.2 Å². The van der Waals surface area contributed by atoms with Gasteiger partial charge in [-0.1, -0.05) is 17.7 Å². The molecule has 2 aromatic heterocycles. The van der Waals surface area contributed by atoms with Gasteiger partial charge in [0.25, 0.3) is 5.91 Å². The van der Waals surface area contributed by atoms with E-state index in [9.17, 15) is 9.59 Å². The summed E-state index contributed by atoms with van der Waals surface area (Å²) >= 11 is 6.12. The van der Waals surface area contributed by atoms with Gasteiger partial charge in [0.15, 0.2) is 11.5 Å². The van der Waals surface area contributed by atoms with Crippen LogP contribution < -0.4 is 16.4 Å². The quantitative estimate of drug-likeness (QED) is 0.439. The number of anilines is 2. The molecule has 0 atom stereocenters. The van der Waals surface area contributed by atoms with Crippen molar-refractivity contribution in [3.05, 3.63) is 83.7 Å². The summed E-state index contributed by atoms with van der Waals surface area (Å²) in [5.74, 6) is 0.155. The Balaban J connectivity index is 1.63. The fraction of sp³-hybridized carbons (Fsp3) is 0. The third kappa shape index (κ3) is 4.18. The zero-order chi connectivity index (χ0) is 21.1. The summed E-state index contributed by atoms with van der Waals surface area (Å²) in [6, 6.07) is 18.2. The number of nitrogens with one attached hydrogen (secondary N) is 2. The molecule has 2 heterocycles. The van der Waals surface area contributed by atoms with Crippen molar-refractivity contribution in [3.63, 3.8) is 0 Å². The zero-order valence-electron chi connectivity index (χ0n) is 15.5. The molecular weight excluding hydrogens is 406 g/mol. The van der Waals surface area contributed by atoms with Gasteiger partial charge < -0.3 is 20.8 Å². The van der Waals surface area contributed by atoms with E-state index in [1.54, 1.807) is 71.6 Å². The number of aromatic nitrogens is 2. The number of nitrogens with zero attached hydrogens (tertiary/aromatic N) is 2. The molecule has 0 bridgehead atoms. The first-order valence-corrected chi connectivity index (χ1v) is 9.25. The number of nitrogens with two attached hydrogens (primary N) is 1. The summed E-state index contributed by atoms with van der Waals surface area (Å²) in [6.07, 6.45) is 1.55. The zero-order valence-corrected chi connectivity index (χ0v) is 16.3. The molecule has 0 saturated carbocycles. The van der Waals surface area contributed by atoms with Crippen molar-refractivity contribution in [2.45, 2.75) is 0 Å². The molecule has 8 nitrogen and oxygen atoms in total. The van der Waals surface area contributed by atoms with Gasteiger partial charge in [-0.2, -0.15) is 5.10 Å². The summed E-state index contributed by atoms with van der Waals surface area (Å²) in [7, 11) is 0. The first-order valence-electron chi connectivity index (χ1n) is 8.87. The minimum atomic E-state index is -0.663. The van der Waals surface area contributed by atoms with Crippen LogP contribution in [0.15, 0.2) is 77.4 Å². The van der Waals surface area contributed by atoms with E-state index in [2.05, 4.69) is 15.7 Å². The number of amides is 3. The third-order valence-corrected chi connectivity index (χ3v) is 4.41. The summed E-state index contributed by atoms with van der Waals surface area (Å²) in [5, 5.41) is 10.2. The molecule has 0 radical (unpaired) electrons. The number of benzene rings is 2. The number of halogens is 1. The van der Waals surface area contributed by atoms with Crippen LogP contribution in [-0.2, 0) is 0 Å². The number of rotatable bonds is 5. The lowest BCUT2D eigenvalue weighted by atomic mass is 10.2. The van der Waals surface area contributed by atoms with Crippen molar-refractivity contribution in [2.75, 3.05) is 10.6 Å². The summed E-state index contributed by atoms with van der Waals surface area (Å²) in [5.41, 5.74) is 7.63. The highest BCUT2D eigenvalue weighted by molar-refractivity contribution is 6.30. The predicted molar refractivity (Wildman–Crippen MR) is 114 cm³/mol. The Labute approximate surface area is 176 Å². The standard InChI is InChI=1S/C21H16ClN5O3/c22-13-3-1-4-16(11-13)27-18(19-5-2-10-30-19)12-17(26-27)20(28)24-14-6-8-15(9-7-14)25-21(23)29/h1-12H,(H,24,28)(H3,23,25,29). The lowest BCUT2D eigenvalue weighted by Crippen LogP contribution is -2.19. The molecule has 0 aliphatic carbocycles. The smallest absolute Gasteiger partial charge is 0.316 e. The van der Waals surface area contributed by atoms with Gasteiger partial charge >= 0.3 is 6.03 Å². The lowest BCUT2D eigenvalue weighted by Gasteiger charge is -2.06. The van der Waals surface area contributed by atoms with Crippen LogP contribution >= 0.6 is 11.6 Å². The minimum Gasteiger partial charge on any atom is -0.463 e. The largest absolute Gasteiger partial charge is 0.463 e. The second-order valence-electron chi connectivity index (χ2n) is 6.30. The van der Waals surface area contributed by atoms with Crippen LogP contribution in [0, 0.1) is 0 Å². The fourth-order valence-electron chi connectivity index (χ4n) is 2.87. The van der Waals surface area contributed by atoms with Crippen molar-refractivity contribution in [2.24, 2.45) is 5.73 Å². The third-order valence-electron chi connectivity index (χ3n) is 4.18. The monoisotopic (exact) mass is 421 g/mol. The second-order valence-corrected chi connectivity index (χ2v) is 6.74. The van der Waals surface area contributed by atoms with Gasteiger partial charge in [-0.05, 0) is 54.6 Å². The molecule has 0 aliphatic rings. The Kier molecular flexibility index (Phi) is 5.23. The molecule has 150 valence electrons. The molecule has 0 fully saturated rings. The molecule has 0 saturated heterocycles. The Morgan fingerprint density at radius 2 is 1.70 bits per heavy atom. The Morgan fingerprint density at radius 1 is 0.967 bits per heavy atom. The topological polar surface area (TPSA) is 115 Å². The van der Waals surface area contributed by atoms with E-state index < -0.39 is 11.9 Å². The maximum Gasteiger partial charge on any atom is 0.316 e. The Bertz CT molecular complexity index is 1200. The van der Waals surface area contributed by atoms with Crippen LogP contribution in [-0.4, -0.2) is 21.7 Å². The molecular formula is C21H16ClN5O3. The average molecular weight is 422 g/mol. The van der Waals surface area contributed by atoms with Gasteiger partial charge in [-0.15, -0.1) is 0 Å². The SMILES string of the molecule is NC(=O)Nc1ccc(NC(=O)c2cc(-c3ccco3)n(-c3cccc(Cl)c3)n2)cc1. The van der Waals surface area contributed by atoms with Gasteiger partial charge in [0.1, 0.15) is 5.69 Å². The van der Waals surface area contributed by atoms with Crippen molar-refractivity contribution in [1.82, 2.24) is 9.78 Å². The van der Waals surface area contributed by atoms with Crippen LogP contribution in [0.1, 0.15) is 10.5 Å². The van der Waals surface area contributed by atoms with Crippen molar-refractivity contribution in [1.29, 1.82) is 0 Å². The predicted octanol–water partition coefficient (Wildman–Crippen LogP) is 4.53. The second kappa shape index (κ2) is 8.14. The molecule has 0 spiro atoms. The van der Waals surface area contributed by atoms with E-state index in [1.165, 1.54) is 0 Å². The number of hydrogen-bond donors (Lipinski definition) is 3. The van der Waals surface area contributed by atoms with E-state index >= 15 is 0 Å². The molecule has 4 N–H and O–H groups in total. The number of carbonyl (C=O) groups is 2. The number of hydrogen-bond acceptors (Lipinski definition) is 4. The molecule has 4 rings (SSSR count). The molecule has 4 aromatic rings. The number of furan rings is 1. The van der Waals surface area contributed by atoms with Crippen molar-refractivity contribution in [3.8, 4) is 17.1 Å². The highest BCUT2D eigenvalue weighted by Crippen LogP contribution is 2.26. The van der Waals surface area contributed by atoms with E-state index in [0.717, 1.165) is 0 Å². The average Bonchev–Trinajstić information content (AvgIpc) is 3.39. The van der Waals surface area contributed by atoms with E-state index in [-0.39, 0.29) is 5.69 Å². The van der Waals surface area contributed by atoms with Gasteiger partial charge in [0.2, 0.25) is 0 Å². The van der Waals surface area contributed by atoms with Gasteiger partial charge in [-0.25, -0.2) is 9.48 Å². The van der Waals surface area contributed by atoms with Crippen LogP contribution in [0.5, 0.6) is 0 Å². The first kappa shape index (κ1) is 19.3. The van der Waals surface area contributed by atoms with Crippen LogP contribution in [0.2, 0.25) is 5.02 Å². The molecule has 2 aromatic carbocycles. The summed E-state index contributed by atoms with van der Waals surface area (Å²) in [6.45, 7) is 0. The van der Waals surface area contributed by atoms with E-state index in [4.69, 9.17) is 21.8 Å². The van der Waals surface area contributed by atoms with Crippen LogP contribution in [0.3, 0.4) is 0 Å². The fourth-order valence-corrected chi connectivity index (χ4v) is 3.06. The molecule has 30 heavy (non-hydrogen) atoms. The number of primary amides is 1. The van der Waals surface area contributed by atoms with Crippen molar-refractivity contribution < 1.29 is 14.0 Å². The van der Waals surface area contributed by atoms with E-state index in [0.29, 0.717) is 33.5 Å². The molecule has 9 heteroatoms. The maximum atomic E-state index is 12.8. The maximum absolute atomic E-state index is 12.8. The Hall–Kier alpha value is -4.04. The Morgan fingerprint density at radius 3 is 2.33 bits per heavy atom. The van der Waals surface area contributed by atoms with Gasteiger partial charge in [0.05, 0.1) is 12.0 Å². The molecule has 0 unspecified atom stereocenters. The summed E-state index contributed by atoms with van der Waals surface area (Å²) < 4.78 is 7.09. The van der Waals surface area contributed by atoms with Gasteiger partial charge in [0, 0.05) is 22.5 Å². The molecule has 0 aliphatic heterocycles.